The average Bonchev–Trinajstić information content (AvgIpc) is 2.61. The molecule has 2 fully saturated rings. The van der Waals surface area contributed by atoms with Crippen molar-refractivity contribution in [3.63, 3.8) is 0 Å². The number of nitrogens with one attached hydrogen (secondary N) is 6. The van der Waals surface area contributed by atoms with E-state index in [1.54, 1.807) is 0 Å². The third kappa shape index (κ3) is 8.23. The van der Waals surface area contributed by atoms with Crippen LogP contribution in [0.3, 0.4) is 0 Å². The van der Waals surface area contributed by atoms with E-state index in [1.807, 2.05) is 7.05 Å². The maximum absolute atomic E-state index is 3.88. The van der Waals surface area contributed by atoms with Crippen LogP contribution in [0.5, 0.6) is 0 Å². The van der Waals surface area contributed by atoms with Crippen LogP contribution >= 0.6 is 0 Å². The average molecular weight is 341 g/mol. The highest BCUT2D eigenvalue weighted by Gasteiger charge is 2.24. The van der Waals surface area contributed by atoms with Crippen molar-refractivity contribution >= 4 is 0 Å². The van der Waals surface area contributed by atoms with Crippen molar-refractivity contribution in [1.82, 2.24) is 31.9 Å². The lowest BCUT2D eigenvalue weighted by molar-refractivity contribution is 0.273. The molecule has 0 radical (unpaired) electrons. The van der Waals surface area contributed by atoms with Gasteiger partial charge in [0.25, 0.3) is 0 Å². The Morgan fingerprint density at radius 3 is 2.12 bits per heavy atom. The van der Waals surface area contributed by atoms with Gasteiger partial charge in [0.1, 0.15) is 0 Å². The van der Waals surface area contributed by atoms with Gasteiger partial charge in [0.15, 0.2) is 0 Å². The number of rotatable bonds is 4. The molecule has 0 aromatic carbocycles. The maximum atomic E-state index is 3.88. The minimum atomic E-state index is 0.575. The van der Waals surface area contributed by atoms with E-state index in [2.05, 4.69) is 31.9 Å². The van der Waals surface area contributed by atoms with E-state index in [0.717, 1.165) is 52.4 Å². The van der Waals surface area contributed by atoms with Crippen LogP contribution in [0, 0.1) is 0 Å². The second kappa shape index (κ2) is 13.0. The summed E-state index contributed by atoms with van der Waals surface area (Å²) in [5.41, 5.74) is 0. The van der Waals surface area contributed by atoms with Gasteiger partial charge in [0, 0.05) is 63.9 Å². The fraction of sp³-hybridized carbons (Fsp3) is 1.00. The van der Waals surface area contributed by atoms with Gasteiger partial charge in [-0.2, -0.15) is 0 Å². The van der Waals surface area contributed by atoms with Crippen molar-refractivity contribution in [2.45, 2.75) is 56.7 Å². The van der Waals surface area contributed by atoms with Crippen LogP contribution in [-0.4, -0.2) is 77.5 Å². The topological polar surface area (TPSA) is 72.2 Å². The molecule has 0 amide bonds. The molecule has 1 aliphatic heterocycles. The van der Waals surface area contributed by atoms with Gasteiger partial charge in [-0.15, -0.1) is 0 Å². The first-order valence-corrected chi connectivity index (χ1v) is 10.2. The molecule has 0 bridgehead atoms. The second-order valence-corrected chi connectivity index (χ2v) is 7.26. The first-order valence-electron chi connectivity index (χ1n) is 10.2. The lowest BCUT2D eigenvalue weighted by Crippen LogP contribution is -2.53. The van der Waals surface area contributed by atoms with E-state index in [4.69, 9.17) is 0 Å². The van der Waals surface area contributed by atoms with E-state index in [9.17, 15) is 0 Å². The van der Waals surface area contributed by atoms with Crippen LogP contribution in [0.2, 0.25) is 0 Å². The molecule has 0 aromatic rings. The third-order valence-electron chi connectivity index (χ3n) is 5.29. The van der Waals surface area contributed by atoms with Gasteiger partial charge in [-0.25, -0.2) is 0 Å². The zero-order valence-electron chi connectivity index (χ0n) is 15.6. The highest BCUT2D eigenvalue weighted by atomic mass is 15.1. The van der Waals surface area contributed by atoms with Crippen molar-refractivity contribution in [2.24, 2.45) is 0 Å². The SMILES string of the molecule is CNCCC[C@@H]1CN[C@H]2CCCC[C@H]2NCCNCCNCCN1. The zero-order valence-corrected chi connectivity index (χ0v) is 15.6. The zero-order chi connectivity index (χ0) is 16.9. The van der Waals surface area contributed by atoms with Gasteiger partial charge >= 0.3 is 0 Å². The van der Waals surface area contributed by atoms with Crippen molar-refractivity contribution in [3.8, 4) is 0 Å². The summed E-state index contributed by atoms with van der Waals surface area (Å²) in [4.78, 5) is 0. The predicted molar refractivity (Wildman–Crippen MR) is 103 cm³/mol. The monoisotopic (exact) mass is 340 g/mol. The van der Waals surface area contributed by atoms with Crippen LogP contribution in [0.4, 0.5) is 0 Å². The Hall–Kier alpha value is -0.240. The molecular formula is C18H40N6. The molecule has 6 N–H and O–H groups in total. The highest BCUT2D eigenvalue weighted by Crippen LogP contribution is 2.18. The summed E-state index contributed by atoms with van der Waals surface area (Å²) >= 11 is 0. The van der Waals surface area contributed by atoms with Crippen molar-refractivity contribution in [3.05, 3.63) is 0 Å². The van der Waals surface area contributed by atoms with Gasteiger partial charge in [-0.05, 0) is 39.3 Å². The summed E-state index contributed by atoms with van der Waals surface area (Å²) in [7, 11) is 2.04. The molecule has 24 heavy (non-hydrogen) atoms. The van der Waals surface area contributed by atoms with Crippen LogP contribution in [-0.2, 0) is 0 Å². The summed E-state index contributed by atoms with van der Waals surface area (Å²) in [6, 6.07) is 1.85. The Morgan fingerprint density at radius 2 is 1.42 bits per heavy atom. The maximum Gasteiger partial charge on any atom is 0.0221 e. The van der Waals surface area contributed by atoms with Gasteiger partial charge in [-0.3, -0.25) is 0 Å². The van der Waals surface area contributed by atoms with Crippen LogP contribution < -0.4 is 31.9 Å². The van der Waals surface area contributed by atoms with E-state index in [-0.39, 0.29) is 0 Å². The summed E-state index contributed by atoms with van der Waals surface area (Å²) in [5, 5.41) is 21.7. The first kappa shape index (κ1) is 20.1. The normalized spacial score (nSPS) is 31.6. The largest absolute Gasteiger partial charge is 0.320 e. The highest BCUT2D eigenvalue weighted by molar-refractivity contribution is 4.88. The van der Waals surface area contributed by atoms with Crippen molar-refractivity contribution < 1.29 is 0 Å². The molecule has 1 saturated carbocycles. The van der Waals surface area contributed by atoms with E-state index in [0.29, 0.717) is 18.1 Å². The minimum Gasteiger partial charge on any atom is -0.320 e. The lowest BCUT2D eigenvalue weighted by Gasteiger charge is -2.34. The predicted octanol–water partition coefficient (Wildman–Crippen LogP) is -0.373. The molecule has 0 unspecified atom stereocenters. The lowest BCUT2D eigenvalue weighted by atomic mass is 9.90. The molecule has 0 aromatic heterocycles. The van der Waals surface area contributed by atoms with Crippen LogP contribution in [0.25, 0.3) is 0 Å². The van der Waals surface area contributed by atoms with E-state index < -0.39 is 0 Å². The molecule has 1 heterocycles. The van der Waals surface area contributed by atoms with Crippen LogP contribution in [0.1, 0.15) is 38.5 Å². The van der Waals surface area contributed by atoms with Gasteiger partial charge in [0.05, 0.1) is 0 Å². The molecule has 2 aliphatic rings. The quantitative estimate of drug-likeness (QED) is 0.392. The Morgan fingerprint density at radius 1 is 0.792 bits per heavy atom. The van der Waals surface area contributed by atoms with Gasteiger partial charge < -0.3 is 31.9 Å². The van der Waals surface area contributed by atoms with Crippen LogP contribution in [0.15, 0.2) is 0 Å². The molecule has 1 aliphatic carbocycles. The third-order valence-corrected chi connectivity index (χ3v) is 5.29. The van der Waals surface area contributed by atoms with Crippen molar-refractivity contribution in [2.75, 3.05) is 59.4 Å². The summed E-state index contributed by atoms with van der Waals surface area (Å²) in [6.07, 6.45) is 7.85. The Kier molecular flexibility index (Phi) is 10.9. The standard InChI is InChI=1S/C18H40N6/c1-19-8-4-5-16-15-24-18-7-3-2-6-17(18)23-14-12-21-10-9-20-11-13-22-16/h16-24H,2-15H2,1H3/t16-,17-,18+/m1/s1. The molecule has 0 spiro atoms. The van der Waals surface area contributed by atoms with E-state index >= 15 is 0 Å². The number of hydrogen-bond donors (Lipinski definition) is 6. The molecule has 142 valence electrons. The number of hydrogen-bond acceptors (Lipinski definition) is 6. The molecular weight excluding hydrogens is 300 g/mol. The molecule has 6 heteroatoms. The fourth-order valence-electron chi connectivity index (χ4n) is 3.85. The van der Waals surface area contributed by atoms with Gasteiger partial charge in [-0.1, -0.05) is 12.8 Å². The Labute approximate surface area is 148 Å². The van der Waals surface area contributed by atoms with Gasteiger partial charge in [0.2, 0.25) is 0 Å². The molecule has 3 atom stereocenters. The van der Waals surface area contributed by atoms with E-state index in [1.165, 1.54) is 38.5 Å². The number of fused-ring (bicyclic) bond motifs is 1. The summed E-state index contributed by atoms with van der Waals surface area (Å²) in [5.74, 6) is 0. The summed E-state index contributed by atoms with van der Waals surface area (Å²) < 4.78 is 0. The first-order chi connectivity index (χ1) is 11.9. The molecule has 1 saturated heterocycles. The molecule has 6 nitrogen and oxygen atoms in total. The Balaban J connectivity index is 1.84. The minimum absolute atomic E-state index is 0.575. The Bertz CT molecular complexity index is 301. The molecule has 2 rings (SSSR count). The summed E-state index contributed by atoms with van der Waals surface area (Å²) in [6.45, 7) is 8.55. The second-order valence-electron chi connectivity index (χ2n) is 7.26. The fourth-order valence-corrected chi connectivity index (χ4v) is 3.85. The smallest absolute Gasteiger partial charge is 0.0221 e. The van der Waals surface area contributed by atoms with Crippen molar-refractivity contribution in [1.29, 1.82) is 0 Å².